The van der Waals surface area contributed by atoms with E-state index < -0.39 is 18.2 Å². The molecular weight excluding hydrogens is 647 g/mol. The number of rotatable bonds is 41. The van der Waals surface area contributed by atoms with Crippen LogP contribution in [-0.4, -0.2) is 46.9 Å². The molecule has 6 heteroatoms. The van der Waals surface area contributed by atoms with Gasteiger partial charge in [-0.3, -0.25) is 9.59 Å². The van der Waals surface area contributed by atoms with E-state index >= 15 is 0 Å². The first-order valence-electron chi connectivity index (χ1n) is 22.9. The molecule has 0 aromatic rings. The van der Waals surface area contributed by atoms with Crippen LogP contribution < -0.4 is 5.32 Å². The van der Waals surface area contributed by atoms with E-state index in [9.17, 15) is 19.8 Å². The van der Waals surface area contributed by atoms with Crippen molar-refractivity contribution in [2.45, 2.75) is 264 Å². The number of amides is 1. The SMILES string of the molecule is CCCCCCCCC/C=C\CCCCCC(=O)OC(CCCCCCCCCCCC)CC(=O)NC(CO)C(O)CCCCCCCCCCC. The minimum atomic E-state index is -0.781. The first-order chi connectivity index (χ1) is 25.5. The summed E-state index contributed by atoms with van der Waals surface area (Å²) in [5, 5.41) is 23.5. The van der Waals surface area contributed by atoms with E-state index in [1.165, 1.54) is 141 Å². The summed E-state index contributed by atoms with van der Waals surface area (Å²) in [7, 11) is 0. The van der Waals surface area contributed by atoms with Gasteiger partial charge >= 0.3 is 5.97 Å². The van der Waals surface area contributed by atoms with Gasteiger partial charge in [0.05, 0.1) is 25.2 Å². The smallest absolute Gasteiger partial charge is 0.306 e. The highest BCUT2D eigenvalue weighted by Gasteiger charge is 2.24. The number of nitrogens with one attached hydrogen (secondary N) is 1. The Kier molecular flexibility index (Phi) is 39.7. The molecule has 308 valence electrons. The largest absolute Gasteiger partial charge is 0.462 e. The van der Waals surface area contributed by atoms with E-state index in [1.807, 2.05) is 0 Å². The highest BCUT2D eigenvalue weighted by molar-refractivity contribution is 5.77. The molecular formula is C46H89NO5. The minimum Gasteiger partial charge on any atom is -0.462 e. The standard InChI is InChI=1S/C46H89NO5/c1-4-7-10-13-16-19-21-22-23-24-27-30-33-36-39-46(51)52-42(37-34-31-28-26-20-17-14-11-8-5-2)40-45(50)47-43(41-48)44(49)38-35-32-29-25-18-15-12-9-6-3/h23-24,42-44,48-49H,4-22,25-41H2,1-3H3,(H,47,50)/b24-23-. The molecule has 0 aromatic heterocycles. The predicted molar refractivity (Wildman–Crippen MR) is 223 cm³/mol. The lowest BCUT2D eigenvalue weighted by Gasteiger charge is -2.24. The summed E-state index contributed by atoms with van der Waals surface area (Å²) >= 11 is 0. The Morgan fingerprint density at radius 3 is 1.37 bits per heavy atom. The second-order valence-electron chi connectivity index (χ2n) is 15.8. The molecule has 0 aliphatic heterocycles. The van der Waals surface area contributed by atoms with Crippen LogP contribution in [0.3, 0.4) is 0 Å². The lowest BCUT2D eigenvalue weighted by atomic mass is 10.0. The number of hydrogen-bond acceptors (Lipinski definition) is 5. The maximum Gasteiger partial charge on any atom is 0.306 e. The number of esters is 1. The zero-order chi connectivity index (χ0) is 38.2. The maximum atomic E-state index is 13.1. The van der Waals surface area contributed by atoms with Crippen molar-refractivity contribution in [2.24, 2.45) is 0 Å². The molecule has 0 saturated carbocycles. The number of allylic oxidation sites excluding steroid dienone is 2. The van der Waals surface area contributed by atoms with Gasteiger partial charge in [-0.25, -0.2) is 0 Å². The van der Waals surface area contributed by atoms with Crippen molar-refractivity contribution in [1.29, 1.82) is 0 Å². The summed E-state index contributed by atoms with van der Waals surface area (Å²) < 4.78 is 5.89. The Hall–Kier alpha value is -1.40. The molecule has 0 rings (SSSR count). The average molecular weight is 736 g/mol. The van der Waals surface area contributed by atoms with Crippen molar-refractivity contribution in [1.82, 2.24) is 5.32 Å². The van der Waals surface area contributed by atoms with Gasteiger partial charge in [0, 0.05) is 6.42 Å². The van der Waals surface area contributed by atoms with Crippen LogP contribution in [0.5, 0.6) is 0 Å². The van der Waals surface area contributed by atoms with E-state index in [2.05, 4.69) is 38.2 Å². The molecule has 1 amide bonds. The fraction of sp³-hybridized carbons (Fsp3) is 0.913. The lowest BCUT2D eigenvalue weighted by molar-refractivity contribution is -0.151. The number of hydrogen-bond donors (Lipinski definition) is 3. The Bertz CT molecular complexity index is 787. The van der Waals surface area contributed by atoms with Crippen molar-refractivity contribution in [3.05, 3.63) is 12.2 Å². The topological polar surface area (TPSA) is 95.9 Å². The zero-order valence-electron chi connectivity index (χ0n) is 35.0. The van der Waals surface area contributed by atoms with E-state index in [0.29, 0.717) is 19.3 Å². The normalized spacial score (nSPS) is 13.4. The van der Waals surface area contributed by atoms with Crippen LogP contribution in [-0.2, 0) is 14.3 Å². The fourth-order valence-electron chi connectivity index (χ4n) is 7.07. The number of aliphatic hydroxyl groups is 2. The van der Waals surface area contributed by atoms with Gasteiger partial charge in [0.2, 0.25) is 5.91 Å². The highest BCUT2D eigenvalue weighted by atomic mass is 16.5. The van der Waals surface area contributed by atoms with Gasteiger partial charge in [-0.1, -0.05) is 193 Å². The average Bonchev–Trinajstić information content (AvgIpc) is 3.13. The molecule has 0 aliphatic rings. The molecule has 0 spiro atoms. The van der Waals surface area contributed by atoms with Crippen molar-refractivity contribution in [3.8, 4) is 0 Å². The van der Waals surface area contributed by atoms with Crippen LogP contribution >= 0.6 is 0 Å². The van der Waals surface area contributed by atoms with Gasteiger partial charge in [-0.2, -0.15) is 0 Å². The summed E-state index contributed by atoms with van der Waals surface area (Å²) in [6, 6.07) is -0.695. The number of ether oxygens (including phenoxy) is 1. The Balaban J connectivity index is 4.55. The predicted octanol–water partition coefficient (Wildman–Crippen LogP) is 13.0. The van der Waals surface area contributed by atoms with Crippen LogP contribution in [0.15, 0.2) is 12.2 Å². The molecule has 0 aromatic carbocycles. The van der Waals surface area contributed by atoms with Gasteiger partial charge < -0.3 is 20.3 Å². The first kappa shape index (κ1) is 50.6. The van der Waals surface area contributed by atoms with Crippen molar-refractivity contribution in [3.63, 3.8) is 0 Å². The summed E-state index contributed by atoms with van der Waals surface area (Å²) in [6.45, 7) is 6.45. The second kappa shape index (κ2) is 40.8. The third kappa shape index (κ3) is 35.6. The molecule has 3 N–H and O–H groups in total. The molecule has 0 radical (unpaired) electrons. The molecule has 0 saturated heterocycles. The minimum absolute atomic E-state index is 0.0773. The van der Waals surface area contributed by atoms with Crippen molar-refractivity contribution in [2.75, 3.05) is 6.61 Å². The van der Waals surface area contributed by atoms with E-state index in [-0.39, 0.29) is 24.9 Å². The molecule has 0 aliphatic carbocycles. The van der Waals surface area contributed by atoms with Gasteiger partial charge in [-0.05, 0) is 51.4 Å². The van der Waals surface area contributed by atoms with Gasteiger partial charge in [-0.15, -0.1) is 0 Å². The quantitative estimate of drug-likeness (QED) is 0.0330. The van der Waals surface area contributed by atoms with Gasteiger partial charge in [0.25, 0.3) is 0 Å². The van der Waals surface area contributed by atoms with Gasteiger partial charge in [0.1, 0.15) is 6.10 Å². The highest BCUT2D eigenvalue weighted by Crippen LogP contribution is 2.17. The number of unbranched alkanes of at least 4 members (excludes halogenated alkanes) is 27. The number of carbonyl (C=O) groups excluding carboxylic acids is 2. The molecule has 0 heterocycles. The summed E-state index contributed by atoms with van der Waals surface area (Å²) in [4.78, 5) is 25.9. The van der Waals surface area contributed by atoms with Crippen LogP contribution in [0.4, 0.5) is 0 Å². The molecule has 0 bridgehead atoms. The van der Waals surface area contributed by atoms with Crippen molar-refractivity contribution >= 4 is 11.9 Å². The van der Waals surface area contributed by atoms with Crippen LogP contribution in [0, 0.1) is 0 Å². The maximum absolute atomic E-state index is 13.1. The summed E-state index contributed by atoms with van der Waals surface area (Å²) in [5.74, 6) is -0.484. The van der Waals surface area contributed by atoms with Crippen molar-refractivity contribution < 1.29 is 24.5 Å². The molecule has 6 nitrogen and oxygen atoms in total. The monoisotopic (exact) mass is 736 g/mol. The molecule has 3 atom stereocenters. The van der Waals surface area contributed by atoms with E-state index in [1.54, 1.807) is 0 Å². The third-order valence-corrected chi connectivity index (χ3v) is 10.6. The third-order valence-electron chi connectivity index (χ3n) is 10.6. The first-order valence-corrected chi connectivity index (χ1v) is 22.9. The Morgan fingerprint density at radius 2 is 0.923 bits per heavy atom. The lowest BCUT2D eigenvalue weighted by Crippen LogP contribution is -2.46. The summed E-state index contributed by atoms with van der Waals surface area (Å²) in [5.41, 5.74) is 0. The van der Waals surface area contributed by atoms with Gasteiger partial charge in [0.15, 0.2) is 0 Å². The molecule has 52 heavy (non-hydrogen) atoms. The molecule has 0 fully saturated rings. The Labute approximate surface area is 323 Å². The number of carbonyl (C=O) groups is 2. The van der Waals surface area contributed by atoms with E-state index in [4.69, 9.17) is 4.74 Å². The Morgan fingerprint density at radius 1 is 0.538 bits per heavy atom. The zero-order valence-corrected chi connectivity index (χ0v) is 35.0. The molecule has 3 unspecified atom stereocenters. The van der Waals surface area contributed by atoms with E-state index in [0.717, 1.165) is 57.8 Å². The summed E-state index contributed by atoms with van der Waals surface area (Å²) in [6.07, 6.45) is 42.7. The van der Waals surface area contributed by atoms with Crippen LogP contribution in [0.25, 0.3) is 0 Å². The van der Waals surface area contributed by atoms with Crippen LogP contribution in [0.2, 0.25) is 0 Å². The fourth-order valence-corrected chi connectivity index (χ4v) is 7.07. The number of aliphatic hydroxyl groups excluding tert-OH is 2. The second-order valence-corrected chi connectivity index (χ2v) is 15.8. The van der Waals surface area contributed by atoms with Crippen LogP contribution in [0.1, 0.15) is 245 Å².